The van der Waals surface area contributed by atoms with Crippen molar-refractivity contribution in [2.75, 3.05) is 12.4 Å². The van der Waals surface area contributed by atoms with Crippen LogP contribution >= 0.6 is 35.4 Å². The number of nitrogens with zero attached hydrogens (tertiary/aromatic N) is 3. The van der Waals surface area contributed by atoms with Gasteiger partial charge in [-0.15, -0.1) is 0 Å². The Morgan fingerprint density at radius 2 is 2.05 bits per heavy atom. The van der Waals surface area contributed by atoms with Crippen molar-refractivity contribution >= 4 is 46.2 Å². The van der Waals surface area contributed by atoms with Gasteiger partial charge in [0.15, 0.2) is 5.11 Å². The van der Waals surface area contributed by atoms with E-state index in [-0.39, 0.29) is 0 Å². The second kappa shape index (κ2) is 6.86. The molecule has 0 aliphatic carbocycles. The van der Waals surface area contributed by atoms with Gasteiger partial charge in [0.1, 0.15) is 0 Å². The number of hydrogen-bond acceptors (Lipinski definition) is 2. The lowest BCUT2D eigenvalue weighted by Gasteiger charge is -2.22. The van der Waals surface area contributed by atoms with Gasteiger partial charge in [0.05, 0.1) is 21.4 Å². The Hall–Kier alpha value is -1.30. The molecule has 0 saturated heterocycles. The van der Waals surface area contributed by atoms with Gasteiger partial charge in [-0.2, -0.15) is 5.10 Å². The second-order valence-corrected chi connectivity index (χ2v) is 6.33. The Kier molecular flexibility index (Phi) is 5.32. The van der Waals surface area contributed by atoms with Crippen LogP contribution in [0.3, 0.4) is 0 Å². The van der Waals surface area contributed by atoms with E-state index in [0.717, 1.165) is 11.4 Å². The number of benzene rings is 1. The average molecular weight is 357 g/mol. The first-order valence-corrected chi connectivity index (χ1v) is 7.93. The Bertz CT molecular complexity index is 712. The molecule has 0 atom stereocenters. The lowest BCUT2D eigenvalue weighted by atomic mass is 10.2. The van der Waals surface area contributed by atoms with Gasteiger partial charge in [-0.1, -0.05) is 29.3 Å². The highest BCUT2D eigenvalue weighted by Gasteiger charge is 2.14. The van der Waals surface area contributed by atoms with E-state index < -0.39 is 0 Å². The number of nitrogens with one attached hydrogen (secondary N) is 1. The number of aryl methyl sites for hydroxylation is 2. The summed E-state index contributed by atoms with van der Waals surface area (Å²) in [6, 6.07) is 5.41. The Morgan fingerprint density at radius 3 is 2.64 bits per heavy atom. The average Bonchev–Trinajstić information content (AvgIpc) is 2.70. The van der Waals surface area contributed by atoms with E-state index in [0.29, 0.717) is 27.4 Å². The molecular formula is C15H18Cl2N4S. The minimum atomic E-state index is 0.466. The third-order valence-electron chi connectivity index (χ3n) is 3.59. The van der Waals surface area contributed by atoms with Gasteiger partial charge in [0, 0.05) is 31.9 Å². The summed E-state index contributed by atoms with van der Waals surface area (Å²) >= 11 is 17.6. The number of rotatable bonds is 3. The largest absolute Gasteiger partial charge is 0.348 e. The second-order valence-electron chi connectivity index (χ2n) is 5.16. The van der Waals surface area contributed by atoms with Crippen molar-refractivity contribution in [3.8, 4) is 0 Å². The molecule has 1 N–H and O–H groups in total. The number of aromatic nitrogens is 2. The molecule has 0 aliphatic rings. The summed E-state index contributed by atoms with van der Waals surface area (Å²) in [5, 5.41) is 9.09. The summed E-state index contributed by atoms with van der Waals surface area (Å²) in [5.41, 5.74) is 4.01. The molecule has 0 aliphatic heterocycles. The lowest BCUT2D eigenvalue weighted by Crippen LogP contribution is -2.31. The first kappa shape index (κ1) is 17.1. The van der Waals surface area contributed by atoms with Gasteiger partial charge in [-0.25, -0.2) is 0 Å². The van der Waals surface area contributed by atoms with E-state index in [2.05, 4.69) is 10.4 Å². The zero-order valence-corrected chi connectivity index (χ0v) is 15.3. The van der Waals surface area contributed by atoms with Gasteiger partial charge in [-0.3, -0.25) is 4.68 Å². The molecule has 0 bridgehead atoms. The van der Waals surface area contributed by atoms with Gasteiger partial charge in [0.2, 0.25) is 0 Å². The van der Waals surface area contributed by atoms with Crippen molar-refractivity contribution in [3.05, 3.63) is 45.2 Å². The van der Waals surface area contributed by atoms with E-state index in [9.17, 15) is 0 Å². The smallest absolute Gasteiger partial charge is 0.173 e. The molecule has 0 spiro atoms. The third kappa shape index (κ3) is 3.54. The quantitative estimate of drug-likeness (QED) is 0.836. The standard InChI is InChI=1S/C15H18Cl2N4S/c1-9-11(10(2)21(4)19-9)8-20(3)15(22)18-13-7-5-6-12(16)14(13)17/h5-7H,8H2,1-4H3,(H,18,22). The molecule has 2 aromatic rings. The van der Waals surface area contributed by atoms with Gasteiger partial charge in [0.25, 0.3) is 0 Å². The van der Waals surface area contributed by atoms with E-state index in [1.165, 1.54) is 5.56 Å². The summed E-state index contributed by atoms with van der Waals surface area (Å²) in [4.78, 5) is 1.95. The minimum Gasteiger partial charge on any atom is -0.348 e. The summed E-state index contributed by atoms with van der Waals surface area (Å²) in [7, 11) is 3.87. The van der Waals surface area contributed by atoms with Crippen LogP contribution in [0.25, 0.3) is 0 Å². The molecule has 7 heteroatoms. The first-order chi connectivity index (χ1) is 10.3. The Labute approximate surface area is 146 Å². The normalized spacial score (nSPS) is 10.6. The van der Waals surface area contributed by atoms with Crippen LogP contribution in [0.4, 0.5) is 5.69 Å². The fourth-order valence-electron chi connectivity index (χ4n) is 2.17. The fourth-order valence-corrected chi connectivity index (χ4v) is 2.69. The van der Waals surface area contributed by atoms with Crippen LogP contribution in [0.15, 0.2) is 18.2 Å². The molecule has 1 aromatic carbocycles. The van der Waals surface area contributed by atoms with Crippen molar-refractivity contribution in [2.45, 2.75) is 20.4 Å². The molecule has 0 radical (unpaired) electrons. The zero-order valence-electron chi connectivity index (χ0n) is 12.9. The predicted octanol–water partition coefficient (Wildman–Crippen LogP) is 4.17. The van der Waals surface area contributed by atoms with E-state index in [4.69, 9.17) is 35.4 Å². The highest BCUT2D eigenvalue weighted by Crippen LogP contribution is 2.29. The molecule has 1 heterocycles. The van der Waals surface area contributed by atoms with Crippen molar-refractivity contribution in [1.29, 1.82) is 0 Å². The molecule has 1 aromatic heterocycles. The maximum Gasteiger partial charge on any atom is 0.173 e. The number of halogens is 2. The van der Waals surface area contributed by atoms with Crippen LogP contribution in [-0.2, 0) is 13.6 Å². The third-order valence-corrected chi connectivity index (χ3v) is 4.83. The van der Waals surface area contributed by atoms with Crippen molar-refractivity contribution in [2.24, 2.45) is 7.05 Å². The predicted molar refractivity (Wildman–Crippen MR) is 96.8 cm³/mol. The van der Waals surface area contributed by atoms with Crippen LogP contribution < -0.4 is 5.32 Å². The monoisotopic (exact) mass is 356 g/mol. The molecule has 0 unspecified atom stereocenters. The summed E-state index contributed by atoms with van der Waals surface area (Å²) < 4.78 is 1.88. The summed E-state index contributed by atoms with van der Waals surface area (Å²) in [5.74, 6) is 0. The Morgan fingerprint density at radius 1 is 1.36 bits per heavy atom. The van der Waals surface area contributed by atoms with E-state index in [1.54, 1.807) is 6.07 Å². The van der Waals surface area contributed by atoms with Crippen LogP contribution in [0.5, 0.6) is 0 Å². The summed E-state index contributed by atoms with van der Waals surface area (Å²) in [6.45, 7) is 4.73. The molecule has 0 amide bonds. The van der Waals surface area contributed by atoms with Crippen molar-refractivity contribution in [3.63, 3.8) is 0 Å². The van der Waals surface area contributed by atoms with Crippen molar-refractivity contribution in [1.82, 2.24) is 14.7 Å². The summed E-state index contributed by atoms with van der Waals surface area (Å²) in [6.07, 6.45) is 0. The van der Waals surface area contributed by atoms with Gasteiger partial charge >= 0.3 is 0 Å². The van der Waals surface area contributed by atoms with E-state index in [1.807, 2.05) is 49.7 Å². The molecule has 22 heavy (non-hydrogen) atoms. The molecule has 0 saturated carbocycles. The lowest BCUT2D eigenvalue weighted by molar-refractivity contribution is 0.505. The maximum absolute atomic E-state index is 6.17. The van der Waals surface area contributed by atoms with Crippen LogP contribution in [0.1, 0.15) is 17.0 Å². The van der Waals surface area contributed by atoms with Gasteiger partial charge < -0.3 is 10.2 Å². The minimum absolute atomic E-state index is 0.466. The topological polar surface area (TPSA) is 33.1 Å². The maximum atomic E-state index is 6.17. The SMILES string of the molecule is Cc1nn(C)c(C)c1CN(C)C(=S)Nc1cccc(Cl)c1Cl. The first-order valence-electron chi connectivity index (χ1n) is 6.76. The van der Waals surface area contributed by atoms with Gasteiger partial charge in [-0.05, 0) is 38.2 Å². The van der Waals surface area contributed by atoms with Crippen LogP contribution in [-0.4, -0.2) is 26.8 Å². The molecule has 118 valence electrons. The molecule has 4 nitrogen and oxygen atoms in total. The van der Waals surface area contributed by atoms with Crippen molar-refractivity contribution < 1.29 is 0 Å². The van der Waals surface area contributed by atoms with Crippen LogP contribution in [0.2, 0.25) is 10.0 Å². The molecule has 2 rings (SSSR count). The number of thiocarbonyl (C=S) groups is 1. The van der Waals surface area contributed by atoms with E-state index >= 15 is 0 Å². The fraction of sp³-hybridized carbons (Fsp3) is 0.333. The highest BCUT2D eigenvalue weighted by atomic mass is 35.5. The Balaban J connectivity index is 2.11. The zero-order chi connectivity index (χ0) is 16.4. The number of anilines is 1. The molecule has 0 fully saturated rings. The van der Waals surface area contributed by atoms with Crippen LogP contribution in [0, 0.1) is 13.8 Å². The highest BCUT2D eigenvalue weighted by molar-refractivity contribution is 7.80. The number of hydrogen-bond donors (Lipinski definition) is 1. The molecular weight excluding hydrogens is 339 g/mol.